The number of rotatable bonds is 2. The maximum Gasteiger partial charge on any atom is 0.123 e. The second kappa shape index (κ2) is 4.54. The van der Waals surface area contributed by atoms with Gasteiger partial charge in [-0.25, -0.2) is 9.37 Å². The van der Waals surface area contributed by atoms with Gasteiger partial charge in [0.05, 0.1) is 29.4 Å². The molecule has 0 amide bonds. The van der Waals surface area contributed by atoms with Crippen molar-refractivity contribution in [3.8, 4) is 11.3 Å². The van der Waals surface area contributed by atoms with Crippen LogP contribution in [0.5, 0.6) is 0 Å². The Kier molecular flexibility index (Phi) is 2.64. The zero-order valence-electron chi connectivity index (χ0n) is 13.1. The second-order valence-electron chi connectivity index (χ2n) is 7.11. The molecule has 0 unspecified atom stereocenters. The molecule has 0 bridgehead atoms. The Labute approximate surface area is 139 Å². The van der Waals surface area contributed by atoms with E-state index in [1.165, 1.54) is 23.3 Å². The molecule has 4 heteroatoms. The number of fused-ring (bicyclic) bond motifs is 5. The standard InChI is InChI=1S/C20H17FN2O/c21-15-5-3-4-14(8-15)9-19(24)11-20(12-19)17-7-2-1-6-16(17)18-10-22-13-23(18)20/h1-8,10,13,24H,9,11-12H2. The van der Waals surface area contributed by atoms with Crippen molar-refractivity contribution in [1.82, 2.24) is 9.55 Å². The summed E-state index contributed by atoms with van der Waals surface area (Å²) in [5.41, 5.74) is 3.37. The van der Waals surface area contributed by atoms with E-state index < -0.39 is 5.60 Å². The van der Waals surface area contributed by atoms with Gasteiger partial charge in [-0.15, -0.1) is 0 Å². The predicted molar refractivity (Wildman–Crippen MR) is 89.0 cm³/mol. The highest BCUT2D eigenvalue weighted by Crippen LogP contribution is 2.58. The largest absolute Gasteiger partial charge is 0.389 e. The highest BCUT2D eigenvalue weighted by atomic mass is 19.1. The first-order valence-corrected chi connectivity index (χ1v) is 8.19. The smallest absolute Gasteiger partial charge is 0.123 e. The van der Waals surface area contributed by atoms with Crippen LogP contribution < -0.4 is 0 Å². The number of aliphatic hydroxyl groups is 1. The van der Waals surface area contributed by atoms with Crippen LogP contribution in [0.3, 0.4) is 0 Å². The van der Waals surface area contributed by atoms with Gasteiger partial charge in [0.25, 0.3) is 0 Å². The molecule has 1 fully saturated rings. The van der Waals surface area contributed by atoms with Gasteiger partial charge in [0.2, 0.25) is 0 Å². The Balaban J connectivity index is 1.50. The third kappa shape index (κ3) is 1.77. The quantitative estimate of drug-likeness (QED) is 0.784. The van der Waals surface area contributed by atoms with Crippen LogP contribution in [-0.2, 0) is 12.0 Å². The molecule has 2 aromatic carbocycles. The topological polar surface area (TPSA) is 38.1 Å². The molecule has 1 spiro atoms. The van der Waals surface area contributed by atoms with Gasteiger partial charge in [-0.3, -0.25) is 0 Å². The fourth-order valence-corrected chi connectivity index (χ4v) is 4.63. The first-order valence-electron chi connectivity index (χ1n) is 8.19. The minimum absolute atomic E-state index is 0.218. The summed E-state index contributed by atoms with van der Waals surface area (Å²) in [6.07, 6.45) is 5.46. The molecular formula is C20H17FN2O. The van der Waals surface area contributed by atoms with Gasteiger partial charge in [0.1, 0.15) is 5.82 Å². The molecule has 24 heavy (non-hydrogen) atoms. The summed E-state index contributed by atoms with van der Waals surface area (Å²) in [4.78, 5) is 4.30. The van der Waals surface area contributed by atoms with Crippen molar-refractivity contribution in [2.24, 2.45) is 0 Å². The summed E-state index contributed by atoms with van der Waals surface area (Å²) in [5.74, 6) is -0.256. The van der Waals surface area contributed by atoms with Crippen LogP contribution in [0.25, 0.3) is 11.3 Å². The van der Waals surface area contributed by atoms with Crippen molar-refractivity contribution in [3.05, 3.63) is 78.0 Å². The van der Waals surface area contributed by atoms with Gasteiger partial charge in [-0.2, -0.15) is 0 Å². The summed E-state index contributed by atoms with van der Waals surface area (Å²) in [6, 6.07) is 14.8. The predicted octanol–water partition coefficient (Wildman–Crippen LogP) is 3.51. The Morgan fingerprint density at radius 2 is 1.96 bits per heavy atom. The lowest BCUT2D eigenvalue weighted by Crippen LogP contribution is -2.58. The van der Waals surface area contributed by atoms with Crippen molar-refractivity contribution in [1.29, 1.82) is 0 Å². The van der Waals surface area contributed by atoms with Gasteiger partial charge in [-0.05, 0) is 23.3 Å². The highest BCUT2D eigenvalue weighted by molar-refractivity contribution is 5.71. The normalized spacial score (nSPS) is 26.9. The average Bonchev–Trinajstić information content (AvgIpc) is 3.09. The van der Waals surface area contributed by atoms with Crippen molar-refractivity contribution < 1.29 is 9.50 Å². The van der Waals surface area contributed by atoms with E-state index in [0.717, 1.165) is 11.3 Å². The Morgan fingerprint density at radius 3 is 2.79 bits per heavy atom. The van der Waals surface area contributed by atoms with Crippen LogP contribution in [0, 0.1) is 5.82 Å². The van der Waals surface area contributed by atoms with E-state index in [9.17, 15) is 9.50 Å². The monoisotopic (exact) mass is 320 g/mol. The number of aromatic nitrogens is 2. The number of benzene rings is 2. The number of halogens is 1. The number of hydrogen-bond acceptors (Lipinski definition) is 2. The van der Waals surface area contributed by atoms with E-state index in [1.54, 1.807) is 6.07 Å². The van der Waals surface area contributed by atoms with E-state index in [0.29, 0.717) is 19.3 Å². The molecule has 5 rings (SSSR count). The van der Waals surface area contributed by atoms with E-state index in [2.05, 4.69) is 21.7 Å². The summed E-state index contributed by atoms with van der Waals surface area (Å²) in [5, 5.41) is 11.0. The molecule has 0 radical (unpaired) electrons. The molecule has 2 heterocycles. The average molecular weight is 320 g/mol. The lowest BCUT2D eigenvalue weighted by molar-refractivity contribution is -0.0988. The molecule has 0 saturated heterocycles. The van der Waals surface area contributed by atoms with Crippen molar-refractivity contribution >= 4 is 0 Å². The van der Waals surface area contributed by atoms with Crippen molar-refractivity contribution in [3.63, 3.8) is 0 Å². The van der Waals surface area contributed by atoms with Gasteiger partial charge in [0, 0.05) is 24.8 Å². The molecule has 1 N–H and O–H groups in total. The third-order valence-electron chi connectivity index (χ3n) is 5.47. The highest BCUT2D eigenvalue weighted by Gasteiger charge is 2.59. The van der Waals surface area contributed by atoms with Crippen molar-refractivity contribution in [2.75, 3.05) is 0 Å². The van der Waals surface area contributed by atoms with Gasteiger partial charge in [0.15, 0.2) is 0 Å². The zero-order chi connectivity index (χ0) is 16.4. The third-order valence-corrected chi connectivity index (χ3v) is 5.47. The molecule has 0 atom stereocenters. The van der Waals surface area contributed by atoms with Crippen LogP contribution in [-0.4, -0.2) is 20.3 Å². The molecule has 1 saturated carbocycles. The number of imidazole rings is 1. The van der Waals surface area contributed by atoms with E-state index >= 15 is 0 Å². The van der Waals surface area contributed by atoms with E-state index in [-0.39, 0.29) is 11.4 Å². The molecule has 1 aromatic heterocycles. The molecule has 3 nitrogen and oxygen atoms in total. The second-order valence-corrected chi connectivity index (χ2v) is 7.11. The summed E-state index contributed by atoms with van der Waals surface area (Å²) in [6.45, 7) is 0. The summed E-state index contributed by atoms with van der Waals surface area (Å²) >= 11 is 0. The van der Waals surface area contributed by atoms with Crippen LogP contribution >= 0.6 is 0 Å². The van der Waals surface area contributed by atoms with Gasteiger partial charge >= 0.3 is 0 Å². The van der Waals surface area contributed by atoms with Crippen LogP contribution in [0.15, 0.2) is 61.1 Å². The molecule has 1 aliphatic heterocycles. The Bertz CT molecular complexity index is 940. The Hall–Kier alpha value is -2.46. The van der Waals surface area contributed by atoms with E-state index in [1.807, 2.05) is 30.7 Å². The molecule has 3 aromatic rings. The fraction of sp³-hybridized carbons (Fsp3) is 0.250. The lowest BCUT2D eigenvalue weighted by Gasteiger charge is -2.53. The number of nitrogens with zero attached hydrogens (tertiary/aromatic N) is 2. The first-order chi connectivity index (χ1) is 11.6. The van der Waals surface area contributed by atoms with Gasteiger partial charge < -0.3 is 9.67 Å². The SMILES string of the molecule is OC1(Cc2cccc(F)c2)CC2(C1)c1ccccc1-c1cncn12. The van der Waals surface area contributed by atoms with Gasteiger partial charge in [-0.1, -0.05) is 36.4 Å². The minimum Gasteiger partial charge on any atom is -0.389 e. The van der Waals surface area contributed by atoms with Crippen LogP contribution in [0.1, 0.15) is 24.0 Å². The summed E-state index contributed by atoms with van der Waals surface area (Å²) < 4.78 is 15.6. The molecule has 2 aliphatic rings. The van der Waals surface area contributed by atoms with Crippen LogP contribution in [0.4, 0.5) is 4.39 Å². The zero-order valence-corrected chi connectivity index (χ0v) is 13.1. The maximum absolute atomic E-state index is 13.4. The number of hydrogen-bond donors (Lipinski definition) is 1. The molecule has 120 valence electrons. The van der Waals surface area contributed by atoms with Crippen LogP contribution in [0.2, 0.25) is 0 Å². The van der Waals surface area contributed by atoms with Crippen molar-refractivity contribution in [2.45, 2.75) is 30.4 Å². The molecular weight excluding hydrogens is 303 g/mol. The maximum atomic E-state index is 13.4. The Morgan fingerprint density at radius 1 is 1.12 bits per heavy atom. The minimum atomic E-state index is -0.813. The lowest BCUT2D eigenvalue weighted by atomic mass is 9.60. The summed E-state index contributed by atoms with van der Waals surface area (Å²) in [7, 11) is 0. The fourth-order valence-electron chi connectivity index (χ4n) is 4.63. The van der Waals surface area contributed by atoms with E-state index in [4.69, 9.17) is 0 Å². The molecule has 1 aliphatic carbocycles. The first kappa shape index (κ1) is 13.9.